The normalized spacial score (nSPS) is 11.0. The molecule has 0 radical (unpaired) electrons. The number of Topliss-reactive ketones (excluding diaryl/α,β-unsaturated/α-hetero) is 1. The van der Waals surface area contributed by atoms with Crippen LogP contribution in [0.3, 0.4) is 0 Å². The molecule has 0 saturated carbocycles. The van der Waals surface area contributed by atoms with E-state index < -0.39 is 0 Å². The Morgan fingerprint density at radius 1 is 0.714 bits per heavy atom. The number of aryl methyl sites for hydroxylation is 1. The summed E-state index contributed by atoms with van der Waals surface area (Å²) in [5.41, 5.74) is 5.87. The van der Waals surface area contributed by atoms with Crippen molar-refractivity contribution in [3.05, 3.63) is 119 Å². The van der Waals surface area contributed by atoms with Crippen LogP contribution in [0.25, 0.3) is 11.1 Å². The molecule has 0 aromatic heterocycles. The maximum atomic E-state index is 12.1. The fraction of sp³-hybridized carbons (Fsp3) is 0.270. The molecule has 0 saturated heterocycles. The number of ether oxygens (including phenoxy) is 4. The number of carbonyl (C=O) groups is 1. The fourth-order valence-electron chi connectivity index (χ4n) is 4.81. The monoisotopic (exact) mass is 564 g/mol. The van der Waals surface area contributed by atoms with Gasteiger partial charge in [-0.25, -0.2) is 0 Å². The van der Waals surface area contributed by atoms with Crippen LogP contribution in [0.1, 0.15) is 48.9 Å². The van der Waals surface area contributed by atoms with Gasteiger partial charge in [-0.05, 0) is 54.7 Å². The molecule has 0 fully saturated rings. The number of carbonyl (C=O) groups excluding carboxylic acids is 1. The molecule has 0 spiro atoms. The number of methoxy groups -OCH3 is 2. The molecule has 4 aromatic rings. The lowest BCUT2D eigenvalue weighted by molar-refractivity contribution is -0.118. The molecule has 4 rings (SSSR count). The summed E-state index contributed by atoms with van der Waals surface area (Å²) in [4.78, 5) is 12.1. The average Bonchev–Trinajstić information content (AvgIpc) is 3.04. The highest BCUT2D eigenvalue weighted by atomic mass is 16.5. The highest BCUT2D eigenvalue weighted by molar-refractivity contribution is 5.82. The minimum atomic E-state index is 0.244. The van der Waals surface area contributed by atoms with Gasteiger partial charge in [0.05, 0.1) is 14.2 Å². The molecule has 0 unspecified atom stereocenters. The van der Waals surface area contributed by atoms with Crippen molar-refractivity contribution < 1.29 is 23.7 Å². The van der Waals surface area contributed by atoms with Crippen LogP contribution in [-0.4, -0.2) is 20.0 Å². The Hall–Kier alpha value is -4.51. The Kier molecular flexibility index (Phi) is 11.2. The Morgan fingerprint density at radius 3 is 1.95 bits per heavy atom. The first-order valence-electron chi connectivity index (χ1n) is 14.4. The first kappa shape index (κ1) is 30.4. The lowest BCUT2D eigenvalue weighted by Crippen LogP contribution is -2.05. The second-order valence-corrected chi connectivity index (χ2v) is 10.0. The predicted molar refractivity (Wildman–Crippen MR) is 169 cm³/mol. The van der Waals surface area contributed by atoms with Gasteiger partial charge in [-0.1, -0.05) is 85.8 Å². The molecule has 0 aliphatic rings. The van der Waals surface area contributed by atoms with Crippen molar-refractivity contribution in [2.45, 2.75) is 52.7 Å². The molecular weight excluding hydrogens is 524 g/mol. The number of allylic oxidation sites excluding steroid dienone is 2. The average molecular weight is 565 g/mol. The number of hydrogen-bond acceptors (Lipinski definition) is 5. The highest BCUT2D eigenvalue weighted by Gasteiger charge is 2.24. The van der Waals surface area contributed by atoms with Gasteiger partial charge in [-0.3, -0.25) is 4.79 Å². The van der Waals surface area contributed by atoms with Gasteiger partial charge in [0.25, 0.3) is 0 Å². The second kappa shape index (κ2) is 15.5. The van der Waals surface area contributed by atoms with Crippen molar-refractivity contribution >= 4 is 5.78 Å². The van der Waals surface area contributed by atoms with Crippen molar-refractivity contribution in [1.29, 1.82) is 0 Å². The van der Waals surface area contributed by atoms with E-state index in [4.69, 9.17) is 18.9 Å². The molecule has 0 N–H and O–H groups in total. The van der Waals surface area contributed by atoms with Crippen molar-refractivity contribution in [1.82, 2.24) is 0 Å². The first-order chi connectivity index (χ1) is 20.6. The maximum absolute atomic E-state index is 12.1. The van der Waals surface area contributed by atoms with Crippen LogP contribution in [0.2, 0.25) is 0 Å². The molecule has 0 aliphatic carbocycles. The number of hydrogen-bond donors (Lipinski definition) is 0. The molecule has 4 aromatic carbocycles. The summed E-state index contributed by atoms with van der Waals surface area (Å²) >= 11 is 0. The van der Waals surface area contributed by atoms with Gasteiger partial charge >= 0.3 is 0 Å². The van der Waals surface area contributed by atoms with E-state index in [1.165, 1.54) is 0 Å². The van der Waals surface area contributed by atoms with Gasteiger partial charge in [-0.15, -0.1) is 0 Å². The summed E-state index contributed by atoms with van der Waals surface area (Å²) in [5, 5.41) is 0. The third-order valence-electron chi connectivity index (χ3n) is 7.13. The van der Waals surface area contributed by atoms with Crippen LogP contribution in [0.5, 0.6) is 23.0 Å². The molecule has 5 nitrogen and oxygen atoms in total. The Morgan fingerprint density at radius 2 is 1.36 bits per heavy atom. The van der Waals surface area contributed by atoms with Gasteiger partial charge < -0.3 is 18.9 Å². The van der Waals surface area contributed by atoms with Crippen LogP contribution in [-0.2, 0) is 30.8 Å². The van der Waals surface area contributed by atoms with Gasteiger partial charge in [0.2, 0.25) is 5.75 Å². The zero-order chi connectivity index (χ0) is 29.7. The summed E-state index contributed by atoms with van der Waals surface area (Å²) in [6.07, 6.45) is 6.46. The Labute approximate surface area is 249 Å². The third kappa shape index (κ3) is 7.82. The number of ketones is 1. The second-order valence-electron chi connectivity index (χ2n) is 10.0. The largest absolute Gasteiger partial charge is 0.492 e. The zero-order valence-corrected chi connectivity index (χ0v) is 25.0. The Balaban J connectivity index is 1.82. The summed E-state index contributed by atoms with van der Waals surface area (Å²) in [6, 6.07) is 28.4. The van der Waals surface area contributed by atoms with Gasteiger partial charge in [0.1, 0.15) is 24.7 Å². The minimum absolute atomic E-state index is 0.244. The van der Waals surface area contributed by atoms with E-state index in [1.54, 1.807) is 14.2 Å². The van der Waals surface area contributed by atoms with E-state index in [2.05, 4.69) is 18.2 Å². The number of benzene rings is 4. The highest BCUT2D eigenvalue weighted by Crippen LogP contribution is 2.49. The van der Waals surface area contributed by atoms with Gasteiger partial charge in [0.15, 0.2) is 11.5 Å². The molecule has 0 aliphatic heterocycles. The van der Waals surface area contributed by atoms with E-state index in [0.717, 1.165) is 39.1 Å². The van der Waals surface area contributed by atoms with E-state index in [9.17, 15) is 4.79 Å². The summed E-state index contributed by atoms with van der Waals surface area (Å²) in [5.74, 6) is 2.71. The maximum Gasteiger partial charge on any atom is 0.204 e. The van der Waals surface area contributed by atoms with Crippen LogP contribution >= 0.6 is 0 Å². The van der Waals surface area contributed by atoms with Crippen LogP contribution in [0.15, 0.2) is 97.1 Å². The molecule has 42 heavy (non-hydrogen) atoms. The Bertz CT molecular complexity index is 1480. The lowest BCUT2D eigenvalue weighted by Gasteiger charge is -2.22. The van der Waals surface area contributed by atoms with Crippen molar-refractivity contribution in [3.63, 3.8) is 0 Å². The van der Waals surface area contributed by atoms with Gasteiger partial charge in [-0.2, -0.15) is 0 Å². The van der Waals surface area contributed by atoms with Crippen LogP contribution < -0.4 is 18.9 Å². The summed E-state index contributed by atoms with van der Waals surface area (Å²) in [7, 11) is 3.28. The predicted octanol–water partition coefficient (Wildman–Crippen LogP) is 8.56. The summed E-state index contributed by atoms with van der Waals surface area (Å²) < 4.78 is 24.8. The molecule has 0 bridgehead atoms. The first-order valence-corrected chi connectivity index (χ1v) is 14.4. The molecule has 0 amide bonds. The third-order valence-corrected chi connectivity index (χ3v) is 7.13. The van der Waals surface area contributed by atoms with E-state index >= 15 is 0 Å². The minimum Gasteiger partial charge on any atom is -0.492 e. The molecular formula is C37H40O5. The van der Waals surface area contributed by atoms with Crippen molar-refractivity contribution in [2.75, 3.05) is 14.2 Å². The van der Waals surface area contributed by atoms with Crippen LogP contribution in [0.4, 0.5) is 0 Å². The smallest absolute Gasteiger partial charge is 0.204 e. The van der Waals surface area contributed by atoms with E-state index in [1.807, 2.05) is 92.7 Å². The topological polar surface area (TPSA) is 54.0 Å². The van der Waals surface area contributed by atoms with Crippen molar-refractivity contribution in [3.8, 4) is 34.1 Å². The van der Waals surface area contributed by atoms with E-state index in [0.29, 0.717) is 56.1 Å². The summed E-state index contributed by atoms with van der Waals surface area (Å²) in [6.45, 7) is 4.72. The SMILES string of the molecule is C/C=C/Cc1cc(-c2cc(CCC(=O)CC)ccc2OCc2ccccc2)c(OC)c(OC)c1OCc1ccccc1. The number of rotatable bonds is 15. The molecule has 0 atom stereocenters. The quantitative estimate of drug-likeness (QED) is 0.135. The van der Waals surface area contributed by atoms with Crippen molar-refractivity contribution in [2.24, 2.45) is 0 Å². The molecule has 5 heteroatoms. The van der Waals surface area contributed by atoms with Gasteiger partial charge in [0, 0.05) is 29.5 Å². The lowest BCUT2D eigenvalue weighted by atomic mass is 9.95. The van der Waals surface area contributed by atoms with E-state index in [-0.39, 0.29) is 5.78 Å². The fourth-order valence-corrected chi connectivity index (χ4v) is 4.81. The molecule has 0 heterocycles. The zero-order valence-electron chi connectivity index (χ0n) is 25.0. The van der Waals surface area contributed by atoms with Crippen LogP contribution in [0, 0.1) is 0 Å². The standard InChI is InChI=1S/C37H40O5/c1-5-7-18-30-24-33(36(39-3)37(40-4)35(30)42-26-29-16-12-9-13-17-29)32-23-27(19-21-31(38)6-2)20-22-34(32)41-25-28-14-10-8-11-15-28/h5,7-17,20,22-24H,6,18-19,21,25-26H2,1-4H3/b7-5+. The molecule has 218 valence electrons.